The Balaban J connectivity index is 0.000000284. The third-order valence-electron chi connectivity index (χ3n) is 15.9. The molecule has 3 fully saturated rings. The molecule has 5 heterocycles. The Kier molecular flexibility index (Phi) is 16.2. The van der Waals surface area contributed by atoms with E-state index in [1.807, 2.05) is 42.2 Å². The van der Waals surface area contributed by atoms with Gasteiger partial charge in [-0.1, -0.05) is 62.4 Å². The Hall–Kier alpha value is -7.06. The summed E-state index contributed by atoms with van der Waals surface area (Å²) in [6.45, 7) is 13.8. The molecule has 24 heteroatoms. The summed E-state index contributed by atoms with van der Waals surface area (Å²) in [4.78, 5) is 78.1. The maximum absolute atomic E-state index is 14.9. The van der Waals surface area contributed by atoms with Crippen LogP contribution in [0.2, 0.25) is 0 Å². The number of H-pyrrole nitrogens is 1. The Morgan fingerprint density at radius 3 is 2.28 bits per heavy atom. The molecule has 2 saturated carbocycles. The summed E-state index contributed by atoms with van der Waals surface area (Å²) in [5.74, 6) is -4.65. The summed E-state index contributed by atoms with van der Waals surface area (Å²) >= 11 is 3.00. The minimum atomic E-state index is -2.35. The van der Waals surface area contributed by atoms with Crippen molar-refractivity contribution in [1.29, 1.82) is 0 Å². The van der Waals surface area contributed by atoms with Crippen molar-refractivity contribution < 1.29 is 68.1 Å². The molecule has 4 aromatic heterocycles. The molecule has 1 aliphatic heterocycles. The zero-order valence-electron chi connectivity index (χ0n) is 46.3. The fourth-order valence-electron chi connectivity index (χ4n) is 11.9. The lowest BCUT2D eigenvalue weighted by Gasteiger charge is -2.67. The highest BCUT2D eigenvalue weighted by Gasteiger charge is 2.78. The number of nitrogens with zero attached hydrogens (tertiary/aromatic N) is 5. The highest BCUT2D eigenvalue weighted by atomic mass is 32.2. The summed E-state index contributed by atoms with van der Waals surface area (Å²) < 4.78 is 35.8. The van der Waals surface area contributed by atoms with Gasteiger partial charge in [0.2, 0.25) is 0 Å². The molecule has 7 N–H and O–H groups in total. The molecular weight excluding hydrogens is 1080 g/mol. The molecule has 2 bridgehead atoms. The molecule has 430 valence electrons. The largest absolute Gasteiger partial charge is 0.456 e. The molecule has 2 aromatic carbocycles. The number of ether oxygens (including phenoxy) is 5. The quantitative estimate of drug-likeness (QED) is 0.0293. The number of anilines is 2. The third-order valence-corrected chi connectivity index (χ3v) is 17.3. The van der Waals surface area contributed by atoms with Crippen LogP contribution in [0.5, 0.6) is 0 Å². The number of carbonyl (C=O) groups excluding carboxylic acids is 5. The normalized spacial score (nSPS) is 27.3. The molecule has 10 rings (SSSR count). The van der Waals surface area contributed by atoms with Crippen molar-refractivity contribution in [3.63, 3.8) is 0 Å². The maximum Gasteiger partial charge on any atom is 0.408 e. The number of fused-ring (bicyclic) bond motifs is 6. The zero-order valence-corrected chi connectivity index (χ0v) is 48.0. The van der Waals surface area contributed by atoms with Gasteiger partial charge in [0, 0.05) is 43.1 Å². The van der Waals surface area contributed by atoms with Crippen LogP contribution >= 0.6 is 23.3 Å². The van der Waals surface area contributed by atoms with Crippen molar-refractivity contribution in [2.75, 3.05) is 18.2 Å². The van der Waals surface area contributed by atoms with Gasteiger partial charge >= 0.3 is 24.0 Å². The van der Waals surface area contributed by atoms with Gasteiger partial charge in [0.1, 0.15) is 45.6 Å². The van der Waals surface area contributed by atoms with E-state index in [4.69, 9.17) is 23.7 Å². The van der Waals surface area contributed by atoms with Crippen molar-refractivity contribution in [2.24, 2.45) is 16.7 Å². The van der Waals surface area contributed by atoms with Crippen LogP contribution in [-0.2, 0) is 38.1 Å². The number of amides is 1. The van der Waals surface area contributed by atoms with Gasteiger partial charge in [0.15, 0.2) is 29.0 Å². The number of aliphatic hydroxyl groups is 4. The monoisotopic (exact) mass is 1150 g/mol. The summed E-state index contributed by atoms with van der Waals surface area (Å²) in [5, 5.41) is 63.6. The predicted octanol–water partition coefficient (Wildman–Crippen LogP) is 6.61. The molecule has 4 aliphatic rings. The number of aromatic amines is 1. The number of aliphatic hydroxyl groups excluding tert-OH is 3. The molecule has 1 amide bonds. The van der Waals surface area contributed by atoms with Crippen molar-refractivity contribution in [1.82, 2.24) is 34.3 Å². The number of benzene rings is 2. The minimum absolute atomic E-state index is 0.0637. The first-order valence-electron chi connectivity index (χ1n) is 26.2. The number of hydrogen-bond donors (Lipinski definition) is 7. The fraction of sp³-hybridized carbons (Fsp3) is 0.456. The second-order valence-corrected chi connectivity index (χ2v) is 24.1. The lowest BCUT2D eigenvalue weighted by atomic mass is 9.44. The van der Waals surface area contributed by atoms with Crippen molar-refractivity contribution >= 4 is 69.5 Å². The van der Waals surface area contributed by atoms with E-state index in [-0.39, 0.29) is 29.7 Å². The molecule has 0 radical (unpaired) electrons. The second-order valence-electron chi connectivity index (χ2n) is 22.5. The topological polar surface area (TPSA) is 308 Å². The second kappa shape index (κ2) is 22.4. The number of thioether (sulfide) groups is 1. The Labute approximate surface area is 475 Å². The molecule has 81 heavy (non-hydrogen) atoms. The van der Waals surface area contributed by atoms with Crippen LogP contribution in [0.3, 0.4) is 0 Å². The van der Waals surface area contributed by atoms with E-state index in [0.29, 0.717) is 5.56 Å². The van der Waals surface area contributed by atoms with Gasteiger partial charge in [-0.2, -0.15) is 9.47 Å². The number of hydrogen-bond acceptors (Lipinski definition) is 21. The minimum Gasteiger partial charge on any atom is -0.456 e. The van der Waals surface area contributed by atoms with Crippen LogP contribution < -0.4 is 10.6 Å². The van der Waals surface area contributed by atoms with Gasteiger partial charge in [-0.15, -0.1) is 11.8 Å². The average molecular weight is 1150 g/mol. The van der Waals surface area contributed by atoms with E-state index in [9.17, 15) is 44.4 Å². The number of carbonyl (C=O) groups is 5. The number of nitrogens with one attached hydrogen (secondary N) is 3. The van der Waals surface area contributed by atoms with E-state index < -0.39 is 112 Å². The Morgan fingerprint density at radius 2 is 1.69 bits per heavy atom. The molecule has 0 unspecified atom stereocenters. The van der Waals surface area contributed by atoms with E-state index in [1.54, 1.807) is 101 Å². The highest BCUT2D eigenvalue weighted by molar-refractivity contribution is 7.98. The number of ketones is 1. The molecule has 1 saturated heterocycles. The van der Waals surface area contributed by atoms with E-state index in [0.717, 1.165) is 45.4 Å². The molecule has 3 aliphatic carbocycles. The number of aryl methyl sites for hydroxylation is 1. The molecule has 11 atom stereocenters. The first-order chi connectivity index (χ1) is 38.2. The first-order valence-corrected chi connectivity index (χ1v) is 28.2. The molecular formula is C57H66N8O14S2. The number of Topliss-reactive ketones (excluding diaryl/α,β-unsaturated/α-hetero) is 1. The zero-order chi connectivity index (χ0) is 58.6. The SMILES string of the molecule is CC(=O)O[C@@]12CO[C@@H]1C[C@H](O)[C@@]1(C)C(=O)[C@H](O)C3=C(C)[C@@H](OC(=O)[C@H](O)[C@@H](NC(=O)OC(C)(C)C)c4ccccc4)C[C@@](O)([C@@H](OC(=O)c4ccccc4)[C@H]21)C3(C)C.CSc1cn2c(-c3cn[nH]c3)cnc2c(Nc2cc(C)ns2)n1. The summed E-state index contributed by atoms with van der Waals surface area (Å²) in [6, 6.07) is 16.6. The van der Waals surface area contributed by atoms with E-state index in [2.05, 4.69) is 35.2 Å². The summed E-state index contributed by atoms with van der Waals surface area (Å²) in [5.41, 5.74) is -4.43. The van der Waals surface area contributed by atoms with Gasteiger partial charge in [0.05, 0.1) is 59.4 Å². The fourth-order valence-corrected chi connectivity index (χ4v) is 12.9. The Morgan fingerprint density at radius 1 is 1.00 bits per heavy atom. The smallest absolute Gasteiger partial charge is 0.408 e. The lowest BCUT2D eigenvalue weighted by Crippen LogP contribution is -2.81. The molecule has 0 spiro atoms. The average Bonchev–Trinajstić information content (AvgIpc) is 1.39. The third kappa shape index (κ3) is 10.8. The van der Waals surface area contributed by atoms with Gasteiger partial charge < -0.3 is 54.7 Å². The molecule has 6 aromatic rings. The van der Waals surface area contributed by atoms with Crippen molar-refractivity contribution in [2.45, 2.75) is 140 Å². The lowest BCUT2D eigenvalue weighted by molar-refractivity contribution is -0.346. The first kappa shape index (κ1) is 58.6. The van der Waals surface area contributed by atoms with Crippen LogP contribution in [-0.4, -0.2) is 145 Å². The Bertz CT molecular complexity index is 3370. The standard InChI is InChI=1S/C43H53NO14.C14H13N7S2/c1-22-26(55-37(51)32(48)30(24-15-11-9-12-16-24)44-38(52)58-39(3,4)5)20-43(53)35(56-36(50)25-17-13-10-14-18-25)33-41(8,34(49)31(47)29(22)40(43,6)7)27(46)19-28-42(33,21-54-28)57-23(2)45;1-8-3-11(23-20-8)18-13-14-15-6-10(9-4-16-17-5-9)21(14)7-12(19-13)22-2/h9-18,26-28,30-33,35,46-48,53H,19-21H2,1-8H3,(H,44,52);3-7H,1-2H3,(H,16,17)(H,18,19)/t26-,27-,28+,30-,31+,32+,33-,35-,41+,42-,43+;/m0./s1. The van der Waals surface area contributed by atoms with E-state index >= 15 is 0 Å². The van der Waals surface area contributed by atoms with Gasteiger partial charge in [0.25, 0.3) is 0 Å². The number of alkyl carbamates (subject to hydrolysis) is 1. The van der Waals surface area contributed by atoms with Crippen LogP contribution in [0.25, 0.3) is 16.9 Å². The number of aromatic nitrogens is 6. The van der Waals surface area contributed by atoms with Gasteiger partial charge in [-0.05, 0) is 94.2 Å². The summed E-state index contributed by atoms with van der Waals surface area (Å²) in [7, 11) is 0. The number of imidazole rings is 1. The molecule has 22 nitrogen and oxygen atoms in total. The summed E-state index contributed by atoms with van der Waals surface area (Å²) in [6.07, 6.45) is -2.04. The highest BCUT2D eigenvalue weighted by Crippen LogP contribution is 2.64. The van der Waals surface area contributed by atoms with Crippen LogP contribution in [0.1, 0.15) is 95.9 Å². The van der Waals surface area contributed by atoms with E-state index in [1.165, 1.54) is 37.5 Å². The van der Waals surface area contributed by atoms with Crippen LogP contribution in [0, 0.1) is 23.7 Å². The van der Waals surface area contributed by atoms with Crippen molar-refractivity contribution in [3.8, 4) is 11.3 Å². The predicted molar refractivity (Wildman–Crippen MR) is 296 cm³/mol. The van der Waals surface area contributed by atoms with Crippen molar-refractivity contribution in [3.05, 3.63) is 119 Å². The van der Waals surface area contributed by atoms with Gasteiger partial charge in [-0.3, -0.25) is 19.1 Å². The number of esters is 3. The maximum atomic E-state index is 14.9. The number of rotatable bonds is 12. The van der Waals surface area contributed by atoms with Crippen LogP contribution in [0.15, 0.2) is 108 Å². The van der Waals surface area contributed by atoms with Crippen LogP contribution in [0.4, 0.5) is 15.6 Å². The van der Waals surface area contributed by atoms with Gasteiger partial charge in [-0.25, -0.2) is 24.4 Å².